The summed E-state index contributed by atoms with van der Waals surface area (Å²) in [5.74, 6) is -0.140. The molecule has 0 aromatic heterocycles. The largest absolute Gasteiger partial charge is 0.494 e. The highest BCUT2D eigenvalue weighted by molar-refractivity contribution is 5.31. The summed E-state index contributed by atoms with van der Waals surface area (Å²) < 4.78 is 23.4. The van der Waals surface area contributed by atoms with E-state index in [4.69, 9.17) is 14.6 Å². The molecule has 2 atom stereocenters. The Morgan fingerprint density at radius 1 is 1.37 bits per heavy atom. The summed E-state index contributed by atoms with van der Waals surface area (Å²) in [5.41, 5.74) is 0.928. The Balaban J connectivity index is 2.72. The summed E-state index contributed by atoms with van der Waals surface area (Å²) in [5, 5.41) is 12.3. The van der Waals surface area contributed by atoms with Crippen LogP contribution in [0.5, 0.6) is 5.75 Å². The van der Waals surface area contributed by atoms with E-state index < -0.39 is 0 Å². The molecule has 0 radical (unpaired) electrons. The van der Waals surface area contributed by atoms with Crippen LogP contribution >= 0.6 is 0 Å². The summed E-state index contributed by atoms with van der Waals surface area (Å²) in [6.45, 7) is 2.59. The van der Waals surface area contributed by atoms with Crippen molar-refractivity contribution >= 4 is 0 Å². The van der Waals surface area contributed by atoms with Crippen LogP contribution in [0, 0.1) is 5.82 Å². The van der Waals surface area contributed by atoms with Crippen molar-refractivity contribution in [2.24, 2.45) is 0 Å². The van der Waals surface area contributed by atoms with Gasteiger partial charge in [-0.15, -0.1) is 0 Å². The quantitative estimate of drug-likeness (QED) is 0.758. The first kappa shape index (κ1) is 15.9. The zero-order valence-corrected chi connectivity index (χ0v) is 11.6. The molecule has 4 nitrogen and oxygen atoms in total. The lowest BCUT2D eigenvalue weighted by Gasteiger charge is -2.23. The fraction of sp³-hybridized carbons (Fsp3) is 0.571. The molecule has 2 N–H and O–H groups in total. The second kappa shape index (κ2) is 8.09. The van der Waals surface area contributed by atoms with Gasteiger partial charge in [-0.05, 0) is 31.0 Å². The smallest absolute Gasteiger partial charge is 0.165 e. The number of hydrogen-bond donors (Lipinski definition) is 2. The minimum absolute atomic E-state index is 0.0150. The van der Waals surface area contributed by atoms with Crippen molar-refractivity contribution < 1.29 is 19.0 Å². The van der Waals surface area contributed by atoms with Crippen LogP contribution < -0.4 is 10.1 Å². The standard InChI is InChI=1S/C14H22FNO3/c1-10(16-12(6-7-17)9-18-2)11-4-5-13(15)14(8-11)19-3/h4-5,8,10,12,16-17H,6-7,9H2,1-3H3. The number of aliphatic hydroxyl groups excluding tert-OH is 1. The molecule has 0 spiro atoms. The number of rotatable bonds is 8. The summed E-state index contributed by atoms with van der Waals surface area (Å²) >= 11 is 0. The molecule has 0 aliphatic carbocycles. The van der Waals surface area contributed by atoms with Gasteiger partial charge in [-0.2, -0.15) is 0 Å². The van der Waals surface area contributed by atoms with Gasteiger partial charge in [0.2, 0.25) is 0 Å². The summed E-state index contributed by atoms with van der Waals surface area (Å²) in [6.07, 6.45) is 0.608. The number of benzene rings is 1. The van der Waals surface area contributed by atoms with Crippen molar-refractivity contribution in [3.05, 3.63) is 29.6 Å². The molecule has 0 fully saturated rings. The molecule has 0 aliphatic heterocycles. The Kier molecular flexibility index (Phi) is 6.77. The van der Waals surface area contributed by atoms with E-state index in [-0.39, 0.29) is 30.3 Å². The Bertz CT molecular complexity index is 381. The minimum atomic E-state index is -0.373. The molecule has 0 bridgehead atoms. The van der Waals surface area contributed by atoms with Gasteiger partial charge < -0.3 is 19.9 Å². The van der Waals surface area contributed by atoms with Crippen LogP contribution in [-0.4, -0.2) is 38.6 Å². The molecule has 0 heterocycles. The van der Waals surface area contributed by atoms with Crippen molar-refractivity contribution in [1.29, 1.82) is 0 Å². The molecule has 5 heteroatoms. The van der Waals surface area contributed by atoms with E-state index in [0.29, 0.717) is 13.0 Å². The lowest BCUT2D eigenvalue weighted by Crippen LogP contribution is -2.36. The van der Waals surface area contributed by atoms with Crippen LogP contribution in [-0.2, 0) is 4.74 Å². The maximum atomic E-state index is 13.3. The second-order valence-electron chi connectivity index (χ2n) is 4.45. The van der Waals surface area contributed by atoms with Gasteiger partial charge in [0, 0.05) is 25.8 Å². The lowest BCUT2D eigenvalue weighted by molar-refractivity contribution is 0.143. The summed E-state index contributed by atoms with van der Waals surface area (Å²) in [6, 6.07) is 4.86. The predicted octanol–water partition coefficient (Wildman–Crippen LogP) is 1.88. The van der Waals surface area contributed by atoms with Gasteiger partial charge in [-0.25, -0.2) is 4.39 Å². The lowest BCUT2D eigenvalue weighted by atomic mass is 10.1. The van der Waals surface area contributed by atoms with Gasteiger partial charge in [0.1, 0.15) is 0 Å². The third kappa shape index (κ3) is 4.78. The normalized spacial score (nSPS) is 14.2. The zero-order valence-electron chi connectivity index (χ0n) is 11.6. The molecule has 1 aromatic rings. The maximum Gasteiger partial charge on any atom is 0.165 e. The van der Waals surface area contributed by atoms with Crippen molar-refractivity contribution in [2.75, 3.05) is 27.4 Å². The zero-order chi connectivity index (χ0) is 14.3. The first-order valence-electron chi connectivity index (χ1n) is 6.31. The van der Waals surface area contributed by atoms with Crippen molar-refractivity contribution in [3.8, 4) is 5.75 Å². The van der Waals surface area contributed by atoms with Crippen LogP contribution in [0.3, 0.4) is 0 Å². The SMILES string of the molecule is COCC(CCO)NC(C)c1ccc(F)c(OC)c1. The molecule has 0 saturated carbocycles. The molecule has 0 aliphatic rings. The van der Waals surface area contributed by atoms with Gasteiger partial charge in [0.05, 0.1) is 13.7 Å². The Hall–Kier alpha value is -1.17. The molecular weight excluding hydrogens is 249 g/mol. The predicted molar refractivity (Wildman–Crippen MR) is 71.9 cm³/mol. The van der Waals surface area contributed by atoms with E-state index in [1.165, 1.54) is 13.2 Å². The highest BCUT2D eigenvalue weighted by Gasteiger charge is 2.14. The van der Waals surface area contributed by atoms with E-state index in [0.717, 1.165) is 5.56 Å². The molecule has 1 aromatic carbocycles. The number of ether oxygens (including phenoxy) is 2. The molecule has 0 amide bonds. The van der Waals surface area contributed by atoms with E-state index >= 15 is 0 Å². The van der Waals surface area contributed by atoms with E-state index in [2.05, 4.69) is 5.32 Å². The van der Waals surface area contributed by atoms with Crippen LogP contribution in [0.15, 0.2) is 18.2 Å². The number of methoxy groups -OCH3 is 2. The topological polar surface area (TPSA) is 50.7 Å². The average Bonchev–Trinajstić information content (AvgIpc) is 2.39. The third-order valence-corrected chi connectivity index (χ3v) is 3.01. The van der Waals surface area contributed by atoms with E-state index in [1.807, 2.05) is 6.92 Å². The highest BCUT2D eigenvalue weighted by atomic mass is 19.1. The first-order chi connectivity index (χ1) is 9.12. The monoisotopic (exact) mass is 271 g/mol. The van der Waals surface area contributed by atoms with Gasteiger partial charge in [-0.1, -0.05) is 6.07 Å². The van der Waals surface area contributed by atoms with Crippen molar-refractivity contribution in [2.45, 2.75) is 25.4 Å². The molecule has 19 heavy (non-hydrogen) atoms. The van der Waals surface area contributed by atoms with Crippen LogP contribution in [0.4, 0.5) is 4.39 Å². The van der Waals surface area contributed by atoms with E-state index in [9.17, 15) is 4.39 Å². The molecule has 2 unspecified atom stereocenters. The minimum Gasteiger partial charge on any atom is -0.494 e. The molecular formula is C14H22FNO3. The fourth-order valence-corrected chi connectivity index (χ4v) is 1.97. The number of nitrogens with one attached hydrogen (secondary N) is 1. The fourth-order valence-electron chi connectivity index (χ4n) is 1.97. The Morgan fingerprint density at radius 2 is 2.11 bits per heavy atom. The number of halogens is 1. The third-order valence-electron chi connectivity index (χ3n) is 3.01. The van der Waals surface area contributed by atoms with Crippen LogP contribution in [0.25, 0.3) is 0 Å². The molecule has 108 valence electrons. The Morgan fingerprint density at radius 3 is 2.68 bits per heavy atom. The first-order valence-corrected chi connectivity index (χ1v) is 6.31. The van der Waals surface area contributed by atoms with Crippen LogP contribution in [0.1, 0.15) is 24.9 Å². The molecule has 0 saturated heterocycles. The van der Waals surface area contributed by atoms with Crippen molar-refractivity contribution in [3.63, 3.8) is 0 Å². The van der Waals surface area contributed by atoms with Gasteiger partial charge in [-0.3, -0.25) is 0 Å². The maximum absolute atomic E-state index is 13.3. The van der Waals surface area contributed by atoms with Crippen LogP contribution in [0.2, 0.25) is 0 Å². The van der Waals surface area contributed by atoms with Gasteiger partial charge in [0.15, 0.2) is 11.6 Å². The molecule has 1 rings (SSSR count). The van der Waals surface area contributed by atoms with Gasteiger partial charge in [0.25, 0.3) is 0 Å². The van der Waals surface area contributed by atoms with Gasteiger partial charge >= 0.3 is 0 Å². The average molecular weight is 271 g/mol. The summed E-state index contributed by atoms with van der Waals surface area (Å²) in [7, 11) is 3.07. The second-order valence-corrected chi connectivity index (χ2v) is 4.45. The summed E-state index contributed by atoms with van der Waals surface area (Å²) in [4.78, 5) is 0. The number of hydrogen-bond acceptors (Lipinski definition) is 4. The van der Waals surface area contributed by atoms with Crippen molar-refractivity contribution in [1.82, 2.24) is 5.32 Å². The highest BCUT2D eigenvalue weighted by Crippen LogP contribution is 2.22. The van der Waals surface area contributed by atoms with E-state index in [1.54, 1.807) is 19.2 Å². The number of aliphatic hydroxyl groups is 1. The Labute approximate surface area is 113 Å².